The van der Waals surface area contributed by atoms with Crippen molar-refractivity contribution in [3.05, 3.63) is 35.4 Å². The Morgan fingerprint density at radius 2 is 1.80 bits per heavy atom. The number of ether oxygens (including phenoxy) is 1. The highest BCUT2D eigenvalue weighted by molar-refractivity contribution is 5.79. The van der Waals surface area contributed by atoms with Crippen LogP contribution in [0, 0.1) is 6.92 Å². The zero-order valence-electron chi connectivity index (χ0n) is 12.2. The van der Waals surface area contributed by atoms with E-state index >= 15 is 0 Å². The number of amides is 1. The Kier molecular flexibility index (Phi) is 5.13. The summed E-state index contributed by atoms with van der Waals surface area (Å²) in [6.45, 7) is 7.07. The van der Waals surface area contributed by atoms with Crippen molar-refractivity contribution in [2.75, 3.05) is 0 Å². The molecule has 110 valence electrons. The molecule has 5 nitrogen and oxygen atoms in total. The minimum atomic E-state index is -1.34. The van der Waals surface area contributed by atoms with Gasteiger partial charge in [0.1, 0.15) is 5.60 Å². The average Bonchev–Trinajstić information content (AvgIpc) is 2.28. The molecule has 0 aliphatic rings. The van der Waals surface area contributed by atoms with Crippen molar-refractivity contribution in [1.29, 1.82) is 0 Å². The van der Waals surface area contributed by atoms with E-state index in [1.165, 1.54) is 0 Å². The molecule has 0 aliphatic carbocycles. The van der Waals surface area contributed by atoms with Gasteiger partial charge in [-0.3, -0.25) is 0 Å². The van der Waals surface area contributed by atoms with Crippen LogP contribution >= 0.6 is 0 Å². The van der Waals surface area contributed by atoms with E-state index in [-0.39, 0.29) is 6.42 Å². The van der Waals surface area contributed by atoms with Gasteiger partial charge >= 0.3 is 6.09 Å². The predicted octanol–water partition coefficient (Wildman–Crippen LogP) is 1.18. The van der Waals surface area contributed by atoms with Gasteiger partial charge in [0.2, 0.25) is 0 Å². The van der Waals surface area contributed by atoms with Gasteiger partial charge in [0, 0.05) is 0 Å². The summed E-state index contributed by atoms with van der Waals surface area (Å²) in [7, 11) is 0. The van der Waals surface area contributed by atoms with Gasteiger partial charge in [0.15, 0.2) is 0 Å². The largest absolute Gasteiger partial charge is 0.548 e. The molecule has 1 N–H and O–H groups in total. The number of carbonyl (C=O) groups is 2. The van der Waals surface area contributed by atoms with Crippen LogP contribution in [0.3, 0.4) is 0 Å². The molecule has 20 heavy (non-hydrogen) atoms. The third-order valence-electron chi connectivity index (χ3n) is 2.54. The number of carboxylic acids is 1. The van der Waals surface area contributed by atoms with E-state index in [9.17, 15) is 14.7 Å². The summed E-state index contributed by atoms with van der Waals surface area (Å²) in [6.07, 6.45) is -0.610. The van der Waals surface area contributed by atoms with Crippen LogP contribution in [-0.4, -0.2) is 23.7 Å². The van der Waals surface area contributed by atoms with E-state index in [1.54, 1.807) is 20.8 Å². The van der Waals surface area contributed by atoms with Crippen LogP contribution in [0.25, 0.3) is 0 Å². The van der Waals surface area contributed by atoms with Gasteiger partial charge in [0.05, 0.1) is 12.0 Å². The van der Waals surface area contributed by atoms with Crippen LogP contribution in [0.2, 0.25) is 0 Å². The quantitative estimate of drug-likeness (QED) is 0.897. The smallest absolute Gasteiger partial charge is 0.408 e. The minimum absolute atomic E-state index is 0.155. The average molecular weight is 278 g/mol. The van der Waals surface area contributed by atoms with E-state index in [1.807, 2.05) is 31.2 Å². The van der Waals surface area contributed by atoms with Crippen molar-refractivity contribution in [1.82, 2.24) is 5.32 Å². The Bertz CT molecular complexity index is 474. The lowest BCUT2D eigenvalue weighted by Gasteiger charge is -2.24. The molecule has 0 unspecified atom stereocenters. The summed E-state index contributed by atoms with van der Waals surface area (Å²) in [6, 6.07) is 6.29. The molecule has 1 amide bonds. The lowest BCUT2D eigenvalue weighted by molar-refractivity contribution is -0.308. The fraction of sp³-hybridized carbons (Fsp3) is 0.467. The van der Waals surface area contributed by atoms with Crippen LogP contribution in [0.1, 0.15) is 31.9 Å². The molecule has 0 fully saturated rings. The molecule has 0 saturated heterocycles. The fourth-order valence-corrected chi connectivity index (χ4v) is 1.60. The number of carbonyl (C=O) groups excluding carboxylic acids is 2. The Hall–Kier alpha value is -2.04. The van der Waals surface area contributed by atoms with Gasteiger partial charge < -0.3 is 20.0 Å². The number of rotatable bonds is 4. The molecule has 5 heteroatoms. The maximum Gasteiger partial charge on any atom is 0.408 e. The number of benzene rings is 1. The van der Waals surface area contributed by atoms with Crippen LogP contribution in [0.15, 0.2) is 24.3 Å². The maximum atomic E-state index is 11.6. The van der Waals surface area contributed by atoms with E-state index < -0.39 is 23.7 Å². The Morgan fingerprint density at radius 1 is 1.25 bits per heavy atom. The number of carboxylic acid groups (broad SMARTS) is 1. The van der Waals surface area contributed by atoms with Crippen molar-refractivity contribution in [2.24, 2.45) is 0 Å². The Labute approximate surface area is 118 Å². The predicted molar refractivity (Wildman–Crippen MR) is 73.0 cm³/mol. The second-order valence-corrected chi connectivity index (χ2v) is 5.71. The second-order valence-electron chi connectivity index (χ2n) is 5.71. The molecule has 1 rings (SSSR count). The van der Waals surface area contributed by atoms with E-state index in [0.717, 1.165) is 11.1 Å². The maximum absolute atomic E-state index is 11.6. The molecule has 0 aliphatic heterocycles. The van der Waals surface area contributed by atoms with Crippen LogP contribution in [0.4, 0.5) is 4.79 Å². The SMILES string of the molecule is Cc1ccc(C[C@H](NC(=O)OC(C)(C)C)C(=O)[O-])cc1. The van der Waals surface area contributed by atoms with Gasteiger partial charge in [-0.1, -0.05) is 29.8 Å². The Balaban J connectivity index is 2.68. The standard InChI is InChI=1S/C15H21NO4/c1-10-5-7-11(8-6-10)9-12(13(17)18)16-14(19)20-15(2,3)4/h5-8,12H,9H2,1-4H3,(H,16,19)(H,17,18)/p-1/t12-/m0/s1. The molecular weight excluding hydrogens is 258 g/mol. The highest BCUT2D eigenvalue weighted by Gasteiger charge is 2.20. The highest BCUT2D eigenvalue weighted by Crippen LogP contribution is 2.09. The molecule has 1 aromatic carbocycles. The second kappa shape index (κ2) is 6.41. The molecular formula is C15H20NO4-. The van der Waals surface area contributed by atoms with E-state index in [4.69, 9.17) is 4.74 Å². The lowest BCUT2D eigenvalue weighted by Crippen LogP contribution is -2.50. The molecule has 0 heterocycles. The minimum Gasteiger partial charge on any atom is -0.548 e. The van der Waals surface area contributed by atoms with Crippen LogP contribution in [0.5, 0.6) is 0 Å². The summed E-state index contributed by atoms with van der Waals surface area (Å²) >= 11 is 0. The third-order valence-corrected chi connectivity index (χ3v) is 2.54. The van der Waals surface area contributed by atoms with Crippen molar-refractivity contribution in [3.8, 4) is 0 Å². The summed E-state index contributed by atoms with van der Waals surface area (Å²) in [5.74, 6) is -1.34. The van der Waals surface area contributed by atoms with Gasteiger partial charge in [0.25, 0.3) is 0 Å². The van der Waals surface area contributed by atoms with Crippen LogP contribution < -0.4 is 10.4 Å². The zero-order valence-corrected chi connectivity index (χ0v) is 12.2. The molecule has 1 aromatic rings. The normalized spacial score (nSPS) is 12.6. The third kappa shape index (κ3) is 5.73. The monoisotopic (exact) mass is 278 g/mol. The molecule has 0 radical (unpaired) electrons. The van der Waals surface area contributed by atoms with E-state index in [0.29, 0.717) is 0 Å². The topological polar surface area (TPSA) is 78.5 Å². The van der Waals surface area contributed by atoms with Crippen molar-refractivity contribution in [3.63, 3.8) is 0 Å². The zero-order chi connectivity index (χ0) is 15.3. The summed E-state index contributed by atoms with van der Waals surface area (Å²) in [4.78, 5) is 22.7. The van der Waals surface area contributed by atoms with Gasteiger partial charge in [-0.05, 0) is 39.7 Å². The first-order valence-electron chi connectivity index (χ1n) is 6.43. The number of aliphatic carboxylic acids is 1. The van der Waals surface area contributed by atoms with Crippen molar-refractivity contribution >= 4 is 12.1 Å². The van der Waals surface area contributed by atoms with Gasteiger partial charge in [-0.15, -0.1) is 0 Å². The number of aryl methyl sites for hydroxylation is 1. The number of hydrogen-bond acceptors (Lipinski definition) is 4. The highest BCUT2D eigenvalue weighted by atomic mass is 16.6. The summed E-state index contributed by atoms with van der Waals surface area (Å²) < 4.78 is 5.03. The lowest BCUT2D eigenvalue weighted by atomic mass is 10.0. The molecule has 0 spiro atoms. The fourth-order valence-electron chi connectivity index (χ4n) is 1.60. The first-order valence-corrected chi connectivity index (χ1v) is 6.43. The first kappa shape index (κ1) is 16.0. The van der Waals surface area contributed by atoms with Crippen molar-refractivity contribution < 1.29 is 19.4 Å². The van der Waals surface area contributed by atoms with Crippen molar-refractivity contribution in [2.45, 2.75) is 45.8 Å². The molecule has 0 aromatic heterocycles. The van der Waals surface area contributed by atoms with Gasteiger partial charge in [-0.2, -0.15) is 0 Å². The molecule has 0 saturated carbocycles. The van der Waals surface area contributed by atoms with E-state index in [2.05, 4.69) is 5.32 Å². The first-order chi connectivity index (χ1) is 9.17. The Morgan fingerprint density at radius 3 is 2.25 bits per heavy atom. The van der Waals surface area contributed by atoms with Gasteiger partial charge in [-0.25, -0.2) is 4.79 Å². The summed E-state index contributed by atoms with van der Waals surface area (Å²) in [5.41, 5.74) is 1.21. The number of nitrogens with one attached hydrogen (secondary N) is 1. The molecule has 1 atom stereocenters. The van der Waals surface area contributed by atoms with Crippen LogP contribution in [-0.2, 0) is 16.0 Å². The number of alkyl carbamates (subject to hydrolysis) is 1. The summed E-state index contributed by atoms with van der Waals surface area (Å²) in [5, 5.41) is 13.4. The number of hydrogen-bond donors (Lipinski definition) is 1. The molecule has 0 bridgehead atoms.